The third-order valence-corrected chi connectivity index (χ3v) is 10.1. The average Bonchev–Trinajstić information content (AvgIpc) is 3.07. The summed E-state index contributed by atoms with van der Waals surface area (Å²) >= 11 is 0. The first-order chi connectivity index (χ1) is 22.2. The highest BCUT2D eigenvalue weighted by atomic mass is 32.2. The molecule has 5 rings (SSSR count). The molecule has 4 aromatic rings. The van der Waals surface area contributed by atoms with E-state index in [-0.39, 0.29) is 23.4 Å². The Morgan fingerprint density at radius 1 is 0.804 bits per heavy atom. The first kappa shape index (κ1) is 32.8. The first-order valence-electron chi connectivity index (χ1n) is 15.8. The van der Waals surface area contributed by atoms with Crippen molar-refractivity contribution in [2.45, 2.75) is 69.5 Å². The minimum absolute atomic E-state index is 0.0632. The molecule has 4 aromatic carbocycles. The molecule has 240 valence electrons. The minimum Gasteiger partial charge on any atom is -0.457 e. The average molecular weight is 640 g/mol. The number of benzene rings is 4. The van der Waals surface area contributed by atoms with Gasteiger partial charge in [0.1, 0.15) is 24.1 Å². The second kappa shape index (κ2) is 15.1. The molecular formula is C37H41N3O5S. The van der Waals surface area contributed by atoms with Gasteiger partial charge in [-0.05, 0) is 80.8 Å². The maximum atomic E-state index is 14.2. The van der Waals surface area contributed by atoms with Gasteiger partial charge in [-0.25, -0.2) is 8.42 Å². The number of sulfonamides is 1. The molecule has 8 nitrogen and oxygen atoms in total. The molecule has 1 aliphatic rings. The summed E-state index contributed by atoms with van der Waals surface area (Å²) in [5, 5.41) is 3.13. The molecule has 9 heteroatoms. The van der Waals surface area contributed by atoms with Crippen molar-refractivity contribution < 1.29 is 22.7 Å². The predicted octanol–water partition coefficient (Wildman–Crippen LogP) is 6.85. The summed E-state index contributed by atoms with van der Waals surface area (Å²) in [5.41, 5.74) is 2.05. The standard InChI is InChI=1S/C37H41N3O5S/c1-28-18-24-35(25-19-28)46(43,44)40(32-20-22-34(23-21-32)45-33-16-10-5-11-17-33)27-36(41)39(26-30-12-6-3-7-13-30)29(2)37(42)38-31-14-8-4-9-15-31/h3,5-7,10-13,16-25,29,31H,4,8-9,14-15,26-27H2,1-2H3,(H,38,42)/t29-/m1/s1. The third-order valence-electron chi connectivity index (χ3n) is 8.31. The van der Waals surface area contributed by atoms with Crippen LogP contribution in [0.4, 0.5) is 5.69 Å². The Bertz CT molecular complexity index is 1690. The maximum Gasteiger partial charge on any atom is 0.264 e. The SMILES string of the molecule is Cc1ccc(S(=O)(=O)N(CC(=O)N(Cc2ccccc2)[C@H](C)C(=O)NC2CCCCC2)c2ccc(Oc3ccccc3)cc2)cc1. The predicted molar refractivity (Wildman–Crippen MR) is 180 cm³/mol. The Morgan fingerprint density at radius 3 is 2.02 bits per heavy atom. The number of nitrogens with zero attached hydrogens (tertiary/aromatic N) is 2. The van der Waals surface area contributed by atoms with Crippen LogP contribution in [0.3, 0.4) is 0 Å². The highest BCUT2D eigenvalue weighted by Crippen LogP contribution is 2.29. The van der Waals surface area contributed by atoms with Crippen molar-refractivity contribution in [1.29, 1.82) is 0 Å². The fourth-order valence-corrected chi connectivity index (χ4v) is 7.02. The van der Waals surface area contributed by atoms with Gasteiger partial charge >= 0.3 is 0 Å². The van der Waals surface area contributed by atoms with Crippen molar-refractivity contribution >= 4 is 27.5 Å². The van der Waals surface area contributed by atoms with Gasteiger partial charge in [0.05, 0.1) is 10.6 Å². The van der Waals surface area contributed by atoms with Gasteiger partial charge in [-0.15, -0.1) is 0 Å². The Hall–Kier alpha value is -4.63. The molecule has 0 unspecified atom stereocenters. The molecule has 1 atom stereocenters. The lowest BCUT2D eigenvalue weighted by Crippen LogP contribution is -2.53. The smallest absolute Gasteiger partial charge is 0.264 e. The maximum absolute atomic E-state index is 14.2. The van der Waals surface area contributed by atoms with Crippen LogP contribution in [0.25, 0.3) is 0 Å². The van der Waals surface area contributed by atoms with Crippen LogP contribution in [0.5, 0.6) is 11.5 Å². The van der Waals surface area contributed by atoms with E-state index in [0.29, 0.717) is 17.2 Å². The Labute approximate surface area is 272 Å². The molecule has 0 radical (unpaired) electrons. The molecule has 1 saturated carbocycles. The zero-order valence-corrected chi connectivity index (χ0v) is 27.2. The lowest BCUT2D eigenvalue weighted by Gasteiger charge is -2.33. The van der Waals surface area contributed by atoms with Gasteiger partial charge in [0.25, 0.3) is 10.0 Å². The molecule has 0 aromatic heterocycles. The first-order valence-corrected chi connectivity index (χ1v) is 17.2. The van der Waals surface area contributed by atoms with Crippen molar-refractivity contribution in [1.82, 2.24) is 10.2 Å². The van der Waals surface area contributed by atoms with Crippen LogP contribution < -0.4 is 14.4 Å². The van der Waals surface area contributed by atoms with Crippen LogP contribution in [-0.2, 0) is 26.2 Å². The number of aryl methyl sites for hydroxylation is 1. The van der Waals surface area contributed by atoms with Crippen LogP contribution >= 0.6 is 0 Å². The summed E-state index contributed by atoms with van der Waals surface area (Å²) in [6, 6.07) is 31.1. The van der Waals surface area contributed by atoms with E-state index in [4.69, 9.17) is 4.74 Å². The van der Waals surface area contributed by atoms with E-state index >= 15 is 0 Å². The number of hydrogen-bond donors (Lipinski definition) is 1. The van der Waals surface area contributed by atoms with Crippen LogP contribution in [0, 0.1) is 6.92 Å². The number of para-hydroxylation sites is 1. The highest BCUT2D eigenvalue weighted by Gasteiger charge is 2.33. The van der Waals surface area contributed by atoms with Gasteiger partial charge < -0.3 is 15.0 Å². The summed E-state index contributed by atoms with van der Waals surface area (Å²) in [5.74, 6) is 0.432. The summed E-state index contributed by atoms with van der Waals surface area (Å²) in [6.07, 6.45) is 5.11. The number of hydrogen-bond acceptors (Lipinski definition) is 5. The van der Waals surface area contributed by atoms with Crippen LogP contribution in [0.1, 0.15) is 50.2 Å². The van der Waals surface area contributed by atoms with E-state index in [0.717, 1.165) is 47.5 Å². The monoisotopic (exact) mass is 639 g/mol. The van der Waals surface area contributed by atoms with E-state index < -0.39 is 28.5 Å². The fraction of sp³-hybridized carbons (Fsp3) is 0.297. The van der Waals surface area contributed by atoms with Gasteiger partial charge in [0.2, 0.25) is 11.8 Å². The van der Waals surface area contributed by atoms with Gasteiger partial charge in [-0.3, -0.25) is 13.9 Å². The molecule has 1 fully saturated rings. The Balaban J connectivity index is 1.45. The van der Waals surface area contributed by atoms with Crippen LogP contribution in [0.2, 0.25) is 0 Å². The lowest BCUT2D eigenvalue weighted by atomic mass is 9.95. The molecule has 1 N–H and O–H groups in total. The lowest BCUT2D eigenvalue weighted by molar-refractivity contribution is -0.139. The molecule has 0 spiro atoms. The second-order valence-electron chi connectivity index (χ2n) is 11.8. The number of ether oxygens (including phenoxy) is 1. The van der Waals surface area contributed by atoms with Gasteiger partial charge in [0.15, 0.2) is 0 Å². The van der Waals surface area contributed by atoms with Crippen molar-refractivity contribution in [3.8, 4) is 11.5 Å². The quantitative estimate of drug-likeness (QED) is 0.183. The van der Waals surface area contributed by atoms with Gasteiger partial charge in [0, 0.05) is 12.6 Å². The van der Waals surface area contributed by atoms with Crippen molar-refractivity contribution in [3.63, 3.8) is 0 Å². The summed E-state index contributed by atoms with van der Waals surface area (Å²) in [7, 11) is -4.17. The Morgan fingerprint density at radius 2 is 1.39 bits per heavy atom. The number of rotatable bonds is 12. The van der Waals surface area contributed by atoms with Crippen molar-refractivity contribution in [3.05, 3.63) is 120 Å². The summed E-state index contributed by atoms with van der Waals surface area (Å²) < 4.78 is 35.3. The third kappa shape index (κ3) is 8.34. The number of carbonyl (C=O) groups is 2. The summed E-state index contributed by atoms with van der Waals surface area (Å²) in [4.78, 5) is 29.2. The van der Waals surface area contributed by atoms with E-state index in [2.05, 4.69) is 5.32 Å². The molecule has 0 bridgehead atoms. The fourth-order valence-electron chi connectivity index (χ4n) is 5.60. The number of amides is 2. The molecule has 0 heterocycles. The normalized spacial score (nSPS) is 14.2. The largest absolute Gasteiger partial charge is 0.457 e. The zero-order valence-electron chi connectivity index (χ0n) is 26.3. The van der Waals surface area contributed by atoms with E-state index in [1.807, 2.05) is 67.6 Å². The molecule has 0 saturated heterocycles. The number of anilines is 1. The minimum atomic E-state index is -4.17. The molecular weight excluding hydrogens is 598 g/mol. The van der Waals surface area contributed by atoms with E-state index in [1.165, 1.54) is 17.0 Å². The zero-order chi connectivity index (χ0) is 32.5. The molecule has 46 heavy (non-hydrogen) atoms. The molecule has 2 amide bonds. The van der Waals surface area contributed by atoms with E-state index in [9.17, 15) is 18.0 Å². The van der Waals surface area contributed by atoms with Gasteiger partial charge in [-0.1, -0.05) is 85.5 Å². The Kier molecular flexibility index (Phi) is 10.8. The van der Waals surface area contributed by atoms with Crippen molar-refractivity contribution in [2.24, 2.45) is 0 Å². The molecule has 0 aliphatic heterocycles. The van der Waals surface area contributed by atoms with Gasteiger partial charge in [-0.2, -0.15) is 0 Å². The number of carbonyl (C=O) groups excluding carboxylic acids is 2. The highest BCUT2D eigenvalue weighted by molar-refractivity contribution is 7.92. The molecule has 1 aliphatic carbocycles. The van der Waals surface area contributed by atoms with Crippen LogP contribution in [-0.4, -0.2) is 43.8 Å². The van der Waals surface area contributed by atoms with Crippen LogP contribution in [0.15, 0.2) is 114 Å². The van der Waals surface area contributed by atoms with E-state index in [1.54, 1.807) is 43.3 Å². The second-order valence-corrected chi connectivity index (χ2v) is 13.6. The topological polar surface area (TPSA) is 96.0 Å². The summed E-state index contributed by atoms with van der Waals surface area (Å²) in [6.45, 7) is 3.24. The number of nitrogens with one attached hydrogen (secondary N) is 1. The van der Waals surface area contributed by atoms with Crippen molar-refractivity contribution in [2.75, 3.05) is 10.8 Å².